The third kappa shape index (κ3) is 8.25. The van der Waals surface area contributed by atoms with Gasteiger partial charge in [-0.1, -0.05) is 30.3 Å². The number of hydrogen-bond acceptors (Lipinski definition) is 7. The minimum Gasteiger partial charge on any atom is -0.489 e. The second-order valence-corrected chi connectivity index (χ2v) is 8.81. The Morgan fingerprint density at radius 1 is 1.05 bits per heavy atom. The highest BCUT2D eigenvalue weighted by molar-refractivity contribution is 5.88. The molecule has 0 amide bonds. The number of aliphatic hydroxyl groups is 1. The smallest absolute Gasteiger partial charge is 0.489 e. The van der Waals surface area contributed by atoms with Crippen LogP contribution in [0.5, 0.6) is 5.75 Å². The standard InChI is InChI=1S/C25H24N2O6.C2HF3O2/c28-23(19-2-1-3-21(13-19)27(31)32)15-26-14-22-10-8-20-12-18(9-11-24(20)33-22)16-4-6-17(7-5-16)25(29)30;3-2(4,5)1(6)7/h1-7,9,11-13,22-23,26,28H,8,10,14-15H2,(H,29,30);(H,6,7)/t22-,23-;/m1./s1. The fraction of sp³-hybridized carbons (Fsp3) is 0.259. The van der Waals surface area contributed by atoms with Gasteiger partial charge in [-0.2, -0.15) is 13.2 Å². The Morgan fingerprint density at radius 3 is 2.30 bits per heavy atom. The third-order valence-corrected chi connectivity index (χ3v) is 5.97. The molecule has 2 atom stereocenters. The molecule has 0 spiro atoms. The molecule has 0 bridgehead atoms. The maximum Gasteiger partial charge on any atom is 0.490 e. The highest BCUT2D eigenvalue weighted by Crippen LogP contribution is 2.32. The fourth-order valence-electron chi connectivity index (χ4n) is 3.92. The number of ether oxygens (including phenoxy) is 1. The number of fused-ring (bicyclic) bond motifs is 1. The molecule has 0 fully saturated rings. The predicted molar refractivity (Wildman–Crippen MR) is 136 cm³/mol. The van der Waals surface area contributed by atoms with Crippen molar-refractivity contribution in [2.24, 2.45) is 0 Å². The second-order valence-electron chi connectivity index (χ2n) is 8.81. The van der Waals surface area contributed by atoms with Gasteiger partial charge in [-0.25, -0.2) is 9.59 Å². The fourth-order valence-corrected chi connectivity index (χ4v) is 3.92. The van der Waals surface area contributed by atoms with Crippen LogP contribution in [0.25, 0.3) is 11.1 Å². The molecule has 0 aromatic heterocycles. The number of nitro benzene ring substituents is 1. The number of aromatic carboxylic acids is 1. The third-order valence-electron chi connectivity index (χ3n) is 5.97. The molecule has 4 rings (SSSR count). The summed E-state index contributed by atoms with van der Waals surface area (Å²) in [7, 11) is 0. The molecule has 3 aromatic carbocycles. The normalized spacial score (nSPS) is 15.1. The highest BCUT2D eigenvalue weighted by Gasteiger charge is 2.38. The Kier molecular flexibility index (Phi) is 9.80. The summed E-state index contributed by atoms with van der Waals surface area (Å²) in [5, 5.41) is 40.6. The van der Waals surface area contributed by atoms with Crippen molar-refractivity contribution in [3.8, 4) is 16.9 Å². The summed E-state index contributed by atoms with van der Waals surface area (Å²) < 4.78 is 37.8. The molecule has 4 N–H and O–H groups in total. The van der Waals surface area contributed by atoms with Crippen molar-refractivity contribution >= 4 is 17.6 Å². The van der Waals surface area contributed by atoms with Gasteiger partial charge in [-0.15, -0.1) is 0 Å². The van der Waals surface area contributed by atoms with Crippen molar-refractivity contribution in [3.05, 3.63) is 93.5 Å². The zero-order valence-corrected chi connectivity index (χ0v) is 20.8. The predicted octanol–water partition coefficient (Wildman–Crippen LogP) is 4.61. The van der Waals surface area contributed by atoms with E-state index in [9.17, 15) is 33.2 Å². The van der Waals surface area contributed by atoms with E-state index in [2.05, 4.69) is 11.4 Å². The van der Waals surface area contributed by atoms with Crippen molar-refractivity contribution in [1.29, 1.82) is 0 Å². The first kappa shape index (κ1) is 30.1. The first-order valence-electron chi connectivity index (χ1n) is 11.9. The van der Waals surface area contributed by atoms with Crippen LogP contribution < -0.4 is 10.1 Å². The summed E-state index contributed by atoms with van der Waals surface area (Å²) in [5.74, 6) is -2.89. The number of rotatable bonds is 8. The van der Waals surface area contributed by atoms with Crippen LogP contribution in [0.1, 0.15) is 34.0 Å². The van der Waals surface area contributed by atoms with E-state index in [0.29, 0.717) is 12.1 Å². The molecule has 3 aromatic rings. The van der Waals surface area contributed by atoms with E-state index in [1.807, 2.05) is 12.1 Å². The van der Waals surface area contributed by atoms with Crippen LogP contribution in [0.4, 0.5) is 18.9 Å². The number of nitrogens with zero attached hydrogens (tertiary/aromatic N) is 1. The molecule has 1 aliphatic rings. The Balaban J connectivity index is 0.000000559. The van der Waals surface area contributed by atoms with Gasteiger partial charge in [0.05, 0.1) is 16.6 Å². The van der Waals surface area contributed by atoms with Gasteiger partial charge in [0.25, 0.3) is 5.69 Å². The van der Waals surface area contributed by atoms with Crippen molar-refractivity contribution in [2.75, 3.05) is 13.1 Å². The zero-order valence-electron chi connectivity index (χ0n) is 20.8. The summed E-state index contributed by atoms with van der Waals surface area (Å²) in [6.07, 6.45) is -4.32. The summed E-state index contributed by atoms with van der Waals surface area (Å²) in [5.41, 5.74) is 3.76. The first-order chi connectivity index (χ1) is 18.8. The Hall–Kier alpha value is -4.49. The second kappa shape index (κ2) is 13.0. The minimum absolute atomic E-state index is 0.0454. The van der Waals surface area contributed by atoms with Gasteiger partial charge in [0.15, 0.2) is 0 Å². The molecule has 0 radical (unpaired) electrons. The van der Waals surface area contributed by atoms with E-state index in [0.717, 1.165) is 35.3 Å². The lowest BCUT2D eigenvalue weighted by Gasteiger charge is -2.27. The molecule has 40 heavy (non-hydrogen) atoms. The van der Waals surface area contributed by atoms with Gasteiger partial charge in [0, 0.05) is 25.2 Å². The van der Waals surface area contributed by atoms with Gasteiger partial charge < -0.3 is 25.4 Å². The molecule has 1 heterocycles. The summed E-state index contributed by atoms with van der Waals surface area (Å²) >= 11 is 0. The van der Waals surface area contributed by atoms with Crippen LogP contribution in [-0.2, 0) is 11.2 Å². The maximum atomic E-state index is 11.0. The Labute approximate surface area is 225 Å². The first-order valence-corrected chi connectivity index (χ1v) is 11.9. The monoisotopic (exact) mass is 562 g/mol. The van der Waals surface area contributed by atoms with Gasteiger partial charge >= 0.3 is 18.1 Å². The minimum atomic E-state index is -5.08. The van der Waals surface area contributed by atoms with Crippen molar-refractivity contribution in [3.63, 3.8) is 0 Å². The number of carboxylic acid groups (broad SMARTS) is 2. The lowest BCUT2D eigenvalue weighted by molar-refractivity contribution is -0.385. The molecular weight excluding hydrogens is 537 g/mol. The van der Waals surface area contributed by atoms with Crippen molar-refractivity contribution in [1.82, 2.24) is 5.32 Å². The average Bonchev–Trinajstić information content (AvgIpc) is 2.92. The molecule has 10 nitrogen and oxygen atoms in total. The molecule has 0 unspecified atom stereocenters. The topological polar surface area (TPSA) is 159 Å². The number of nitro groups is 1. The van der Waals surface area contributed by atoms with Crippen LogP contribution in [0.2, 0.25) is 0 Å². The molecule has 0 saturated carbocycles. The average molecular weight is 562 g/mol. The molecule has 0 saturated heterocycles. The number of carboxylic acids is 2. The van der Waals surface area contributed by atoms with Crippen molar-refractivity contribution < 1.29 is 47.7 Å². The molecule has 13 heteroatoms. The number of benzene rings is 3. The van der Waals surface area contributed by atoms with Gasteiger partial charge in [-0.05, 0) is 59.4 Å². The van der Waals surface area contributed by atoms with Crippen LogP contribution in [-0.4, -0.2) is 57.6 Å². The van der Waals surface area contributed by atoms with Gasteiger partial charge in [-0.3, -0.25) is 10.1 Å². The summed E-state index contributed by atoms with van der Waals surface area (Å²) in [4.78, 5) is 30.4. The number of halogens is 3. The van der Waals surface area contributed by atoms with E-state index < -0.39 is 29.1 Å². The van der Waals surface area contributed by atoms with Crippen LogP contribution in [0, 0.1) is 10.1 Å². The Bertz CT molecular complexity index is 1360. The lowest BCUT2D eigenvalue weighted by atomic mass is 9.96. The SMILES string of the molecule is O=C(O)C(F)(F)F.O=C(O)c1ccc(-c2ccc3c(c2)CC[C@H](CNC[C@@H](O)c2cccc([N+](=O)[O-])c2)O3)cc1. The lowest BCUT2D eigenvalue weighted by Crippen LogP contribution is -2.36. The molecule has 1 aliphatic heterocycles. The molecule has 0 aliphatic carbocycles. The summed E-state index contributed by atoms with van der Waals surface area (Å²) in [6, 6.07) is 18.8. The van der Waals surface area contributed by atoms with Crippen LogP contribution >= 0.6 is 0 Å². The van der Waals surface area contributed by atoms with Crippen molar-refractivity contribution in [2.45, 2.75) is 31.2 Å². The molecular formula is C27H25F3N2O8. The number of aliphatic hydroxyl groups excluding tert-OH is 1. The number of alkyl halides is 3. The van der Waals surface area contributed by atoms with E-state index in [1.54, 1.807) is 36.4 Å². The maximum absolute atomic E-state index is 11.0. The van der Waals surface area contributed by atoms with E-state index in [4.69, 9.17) is 19.7 Å². The number of aryl methyl sites for hydroxylation is 1. The van der Waals surface area contributed by atoms with E-state index >= 15 is 0 Å². The van der Waals surface area contributed by atoms with Gasteiger partial charge in [0.2, 0.25) is 0 Å². The number of carbonyl (C=O) groups is 2. The van der Waals surface area contributed by atoms with Gasteiger partial charge in [0.1, 0.15) is 11.9 Å². The summed E-state index contributed by atoms with van der Waals surface area (Å²) in [6.45, 7) is 0.809. The number of aliphatic carboxylic acids is 1. The van der Waals surface area contributed by atoms with E-state index in [-0.39, 0.29) is 23.9 Å². The number of hydrogen-bond donors (Lipinski definition) is 4. The molecule has 212 valence electrons. The van der Waals surface area contributed by atoms with Crippen LogP contribution in [0.15, 0.2) is 66.7 Å². The largest absolute Gasteiger partial charge is 0.490 e. The Morgan fingerprint density at radius 2 is 1.70 bits per heavy atom. The quantitative estimate of drug-likeness (QED) is 0.227. The zero-order chi connectivity index (χ0) is 29.4. The number of nitrogens with one attached hydrogen (secondary N) is 1. The van der Waals surface area contributed by atoms with Crippen LogP contribution in [0.3, 0.4) is 0 Å². The highest BCUT2D eigenvalue weighted by atomic mass is 19.4. The number of non-ortho nitro benzene ring substituents is 1. The van der Waals surface area contributed by atoms with E-state index in [1.165, 1.54) is 12.1 Å².